The summed E-state index contributed by atoms with van der Waals surface area (Å²) in [7, 11) is 0. The Labute approximate surface area is 99.6 Å². The molecule has 0 aliphatic rings. The van der Waals surface area contributed by atoms with Gasteiger partial charge < -0.3 is 15.7 Å². The van der Waals surface area contributed by atoms with Gasteiger partial charge in [0.15, 0.2) is 0 Å². The van der Waals surface area contributed by atoms with Crippen LogP contribution in [0.15, 0.2) is 24.3 Å². The molecular weight excluding hydrogens is 228 g/mol. The molecule has 0 spiro atoms. The van der Waals surface area contributed by atoms with Crippen molar-refractivity contribution in [1.29, 1.82) is 0 Å². The summed E-state index contributed by atoms with van der Waals surface area (Å²) in [5.74, 6) is -0.164. The smallest absolute Gasteiger partial charge is 0.238 e. The van der Waals surface area contributed by atoms with Gasteiger partial charge in [-0.2, -0.15) is 0 Å². The van der Waals surface area contributed by atoms with Crippen LogP contribution >= 0.6 is 11.6 Å². The van der Waals surface area contributed by atoms with E-state index < -0.39 is 6.10 Å². The highest BCUT2D eigenvalue weighted by Crippen LogP contribution is 2.14. The highest BCUT2D eigenvalue weighted by molar-refractivity contribution is 6.30. The highest BCUT2D eigenvalue weighted by Gasteiger charge is 2.02. The van der Waals surface area contributed by atoms with Crippen LogP contribution < -0.4 is 10.6 Å². The maximum atomic E-state index is 11.4. The van der Waals surface area contributed by atoms with Gasteiger partial charge in [0.1, 0.15) is 0 Å². The molecule has 1 amide bonds. The van der Waals surface area contributed by atoms with Gasteiger partial charge in [-0.15, -0.1) is 0 Å². The van der Waals surface area contributed by atoms with Gasteiger partial charge in [-0.1, -0.05) is 17.7 Å². The number of aliphatic hydroxyl groups is 1. The minimum Gasteiger partial charge on any atom is -0.392 e. The summed E-state index contributed by atoms with van der Waals surface area (Å²) in [6, 6.07) is 6.94. The van der Waals surface area contributed by atoms with Crippen molar-refractivity contribution in [3.8, 4) is 0 Å². The van der Waals surface area contributed by atoms with Crippen LogP contribution in [0.4, 0.5) is 5.69 Å². The predicted molar refractivity (Wildman–Crippen MR) is 64.6 cm³/mol. The topological polar surface area (TPSA) is 61.4 Å². The Kier molecular flexibility index (Phi) is 5.25. The number of amides is 1. The molecule has 1 unspecified atom stereocenters. The lowest BCUT2D eigenvalue weighted by Gasteiger charge is -2.08. The van der Waals surface area contributed by atoms with Crippen molar-refractivity contribution in [2.75, 3.05) is 18.4 Å². The van der Waals surface area contributed by atoms with Crippen LogP contribution in [-0.2, 0) is 4.79 Å². The zero-order chi connectivity index (χ0) is 12.0. The SMILES string of the molecule is CC(O)CNCC(=O)Nc1cccc(Cl)c1. The number of carbonyl (C=O) groups is 1. The van der Waals surface area contributed by atoms with E-state index in [2.05, 4.69) is 10.6 Å². The summed E-state index contributed by atoms with van der Waals surface area (Å²) in [6.07, 6.45) is -0.459. The molecule has 0 saturated carbocycles. The third-order valence-electron chi connectivity index (χ3n) is 1.83. The van der Waals surface area contributed by atoms with Gasteiger partial charge in [-0.25, -0.2) is 0 Å². The van der Waals surface area contributed by atoms with Crippen LogP contribution in [0.5, 0.6) is 0 Å². The Morgan fingerprint density at radius 2 is 2.31 bits per heavy atom. The Morgan fingerprint density at radius 1 is 1.56 bits per heavy atom. The van der Waals surface area contributed by atoms with Crippen molar-refractivity contribution in [3.05, 3.63) is 29.3 Å². The average molecular weight is 243 g/mol. The highest BCUT2D eigenvalue weighted by atomic mass is 35.5. The summed E-state index contributed by atoms with van der Waals surface area (Å²) in [5.41, 5.74) is 0.663. The van der Waals surface area contributed by atoms with E-state index in [9.17, 15) is 4.79 Å². The second-order valence-electron chi connectivity index (χ2n) is 3.54. The van der Waals surface area contributed by atoms with Crippen LogP contribution in [0.25, 0.3) is 0 Å². The molecule has 0 aliphatic heterocycles. The fourth-order valence-corrected chi connectivity index (χ4v) is 1.36. The maximum Gasteiger partial charge on any atom is 0.238 e. The fourth-order valence-electron chi connectivity index (χ4n) is 1.17. The van der Waals surface area contributed by atoms with Crippen molar-refractivity contribution in [2.45, 2.75) is 13.0 Å². The molecule has 5 heteroatoms. The van der Waals surface area contributed by atoms with Gasteiger partial charge >= 0.3 is 0 Å². The number of rotatable bonds is 5. The monoisotopic (exact) mass is 242 g/mol. The second kappa shape index (κ2) is 6.48. The van der Waals surface area contributed by atoms with Crippen LogP contribution in [0, 0.1) is 0 Å². The number of nitrogens with one attached hydrogen (secondary N) is 2. The average Bonchev–Trinajstić information content (AvgIpc) is 2.16. The van der Waals surface area contributed by atoms with Gasteiger partial charge in [0.25, 0.3) is 0 Å². The first-order chi connectivity index (χ1) is 7.58. The van der Waals surface area contributed by atoms with E-state index in [1.807, 2.05) is 0 Å². The molecule has 0 heterocycles. The molecule has 0 radical (unpaired) electrons. The molecule has 1 aromatic carbocycles. The van der Waals surface area contributed by atoms with E-state index in [0.717, 1.165) is 0 Å². The maximum absolute atomic E-state index is 11.4. The van der Waals surface area contributed by atoms with Crippen molar-refractivity contribution in [2.24, 2.45) is 0 Å². The number of halogens is 1. The summed E-state index contributed by atoms with van der Waals surface area (Å²) in [6.45, 7) is 2.21. The minimum absolute atomic E-state index is 0.164. The van der Waals surface area contributed by atoms with E-state index in [1.54, 1.807) is 31.2 Å². The van der Waals surface area contributed by atoms with Gasteiger partial charge in [-0.3, -0.25) is 4.79 Å². The molecule has 0 bridgehead atoms. The zero-order valence-corrected chi connectivity index (χ0v) is 9.79. The van der Waals surface area contributed by atoms with Crippen molar-refractivity contribution >= 4 is 23.2 Å². The number of aliphatic hydroxyl groups excluding tert-OH is 1. The molecule has 0 aliphatic carbocycles. The quantitative estimate of drug-likeness (QED) is 0.728. The summed E-state index contributed by atoms with van der Waals surface area (Å²) in [4.78, 5) is 11.4. The lowest BCUT2D eigenvalue weighted by Crippen LogP contribution is -2.32. The molecule has 0 aromatic heterocycles. The van der Waals surface area contributed by atoms with Crippen molar-refractivity contribution in [3.63, 3.8) is 0 Å². The van der Waals surface area contributed by atoms with E-state index in [1.165, 1.54) is 0 Å². The van der Waals surface area contributed by atoms with E-state index in [4.69, 9.17) is 16.7 Å². The molecule has 1 atom stereocenters. The van der Waals surface area contributed by atoms with E-state index in [-0.39, 0.29) is 12.5 Å². The Bertz CT molecular complexity index is 356. The van der Waals surface area contributed by atoms with Crippen LogP contribution in [0.3, 0.4) is 0 Å². The molecule has 1 aromatic rings. The standard InChI is InChI=1S/C11H15ClN2O2/c1-8(15)6-13-7-11(16)14-10-4-2-3-9(12)5-10/h2-5,8,13,15H,6-7H2,1H3,(H,14,16). The number of hydrogen-bond acceptors (Lipinski definition) is 3. The lowest BCUT2D eigenvalue weighted by molar-refractivity contribution is -0.115. The largest absolute Gasteiger partial charge is 0.392 e. The van der Waals surface area contributed by atoms with Crippen LogP contribution in [0.1, 0.15) is 6.92 Å². The molecule has 4 nitrogen and oxygen atoms in total. The molecular formula is C11H15ClN2O2. The third-order valence-corrected chi connectivity index (χ3v) is 2.07. The fraction of sp³-hybridized carbons (Fsp3) is 0.364. The Balaban J connectivity index is 2.34. The van der Waals surface area contributed by atoms with Crippen LogP contribution in [0.2, 0.25) is 5.02 Å². The van der Waals surface area contributed by atoms with Crippen LogP contribution in [-0.4, -0.2) is 30.2 Å². The van der Waals surface area contributed by atoms with Gasteiger partial charge in [-0.05, 0) is 25.1 Å². The summed E-state index contributed by atoms with van der Waals surface area (Å²) < 4.78 is 0. The number of benzene rings is 1. The molecule has 0 saturated heterocycles. The normalized spacial score (nSPS) is 12.2. The lowest BCUT2D eigenvalue weighted by atomic mass is 10.3. The first-order valence-corrected chi connectivity index (χ1v) is 5.40. The Hall–Kier alpha value is -1.10. The number of hydrogen-bond donors (Lipinski definition) is 3. The van der Waals surface area contributed by atoms with Gasteiger partial charge in [0, 0.05) is 17.3 Å². The van der Waals surface area contributed by atoms with E-state index >= 15 is 0 Å². The summed E-state index contributed by atoms with van der Waals surface area (Å²) >= 11 is 5.77. The minimum atomic E-state index is -0.459. The van der Waals surface area contributed by atoms with Crippen molar-refractivity contribution < 1.29 is 9.90 Å². The van der Waals surface area contributed by atoms with Crippen molar-refractivity contribution in [1.82, 2.24) is 5.32 Å². The summed E-state index contributed by atoms with van der Waals surface area (Å²) in [5, 5.41) is 15.1. The molecule has 0 fully saturated rings. The molecule has 88 valence electrons. The second-order valence-corrected chi connectivity index (χ2v) is 3.97. The molecule has 16 heavy (non-hydrogen) atoms. The predicted octanol–water partition coefficient (Wildman–Crippen LogP) is 1.25. The van der Waals surface area contributed by atoms with Gasteiger partial charge in [0.2, 0.25) is 5.91 Å². The number of carbonyl (C=O) groups excluding carboxylic acids is 1. The third kappa shape index (κ3) is 5.11. The molecule has 3 N–H and O–H groups in total. The van der Waals surface area contributed by atoms with Gasteiger partial charge in [0.05, 0.1) is 12.6 Å². The first kappa shape index (κ1) is 13.0. The Morgan fingerprint density at radius 3 is 2.94 bits per heavy atom. The first-order valence-electron chi connectivity index (χ1n) is 5.02. The molecule has 1 rings (SSSR count). The van der Waals surface area contributed by atoms with E-state index in [0.29, 0.717) is 17.3 Å². The zero-order valence-electron chi connectivity index (χ0n) is 9.03. The number of anilines is 1.